The number of benzene rings is 1. The van der Waals surface area contributed by atoms with Crippen molar-refractivity contribution in [1.82, 2.24) is 0 Å². The van der Waals surface area contributed by atoms with E-state index in [-0.39, 0.29) is 17.7 Å². The summed E-state index contributed by atoms with van der Waals surface area (Å²) in [5.41, 5.74) is 2.93. The fourth-order valence-corrected chi connectivity index (χ4v) is 3.49. The third kappa shape index (κ3) is 1.75. The summed E-state index contributed by atoms with van der Waals surface area (Å²) in [5.74, 6) is -1.11. The fraction of sp³-hybridized carbons (Fsp3) is 0.375. The molecule has 4 nitrogen and oxygen atoms in total. The van der Waals surface area contributed by atoms with Crippen LogP contribution < -0.4 is 4.90 Å². The molecule has 1 aliphatic carbocycles. The molecule has 1 aromatic carbocycles. The maximum absolute atomic E-state index is 12.0. The number of carboxylic acids is 1. The molecule has 0 saturated heterocycles. The van der Waals surface area contributed by atoms with Gasteiger partial charge >= 0.3 is 5.97 Å². The van der Waals surface area contributed by atoms with Gasteiger partial charge in [0, 0.05) is 24.4 Å². The van der Waals surface area contributed by atoms with Gasteiger partial charge in [0.2, 0.25) is 5.91 Å². The van der Waals surface area contributed by atoms with E-state index in [1.165, 1.54) is 11.8 Å². The highest BCUT2D eigenvalue weighted by Crippen LogP contribution is 2.47. The van der Waals surface area contributed by atoms with Crippen molar-refractivity contribution in [3.8, 4) is 0 Å². The number of aliphatic carboxylic acids is 1. The van der Waals surface area contributed by atoms with Crippen LogP contribution in [-0.4, -0.2) is 23.0 Å². The first-order chi connectivity index (χ1) is 9.50. The van der Waals surface area contributed by atoms with Gasteiger partial charge in [-0.3, -0.25) is 9.69 Å². The Hall–Kier alpha value is -2.10. The van der Waals surface area contributed by atoms with Crippen LogP contribution in [0.5, 0.6) is 0 Å². The molecule has 2 aliphatic rings. The van der Waals surface area contributed by atoms with E-state index in [1.807, 2.05) is 25.1 Å². The zero-order chi connectivity index (χ0) is 14.4. The minimum atomic E-state index is -0.926. The molecule has 0 radical (unpaired) electrons. The molecule has 0 unspecified atom stereocenters. The number of hydrogen-bond donors (Lipinski definition) is 1. The maximum atomic E-state index is 12.0. The Morgan fingerprint density at radius 3 is 2.75 bits per heavy atom. The smallest absolute Gasteiger partial charge is 0.327 e. The fourth-order valence-electron chi connectivity index (χ4n) is 3.49. The first-order valence-electron chi connectivity index (χ1n) is 6.80. The highest BCUT2D eigenvalue weighted by atomic mass is 16.4. The zero-order valence-corrected chi connectivity index (χ0v) is 11.5. The summed E-state index contributed by atoms with van der Waals surface area (Å²) in [5, 5.41) is 9.56. The number of hydrogen-bond acceptors (Lipinski definition) is 2. The van der Waals surface area contributed by atoms with Crippen LogP contribution in [0.4, 0.5) is 5.69 Å². The van der Waals surface area contributed by atoms with E-state index in [2.05, 4.69) is 12.1 Å². The lowest BCUT2D eigenvalue weighted by molar-refractivity contribution is -0.141. The van der Waals surface area contributed by atoms with E-state index in [0.717, 1.165) is 16.8 Å². The second kappa shape index (κ2) is 4.47. The Balaban J connectivity index is 2.22. The molecule has 0 saturated carbocycles. The molecule has 104 valence electrons. The van der Waals surface area contributed by atoms with Gasteiger partial charge in [-0.2, -0.15) is 0 Å². The van der Waals surface area contributed by atoms with Crippen molar-refractivity contribution < 1.29 is 14.7 Å². The van der Waals surface area contributed by atoms with Crippen LogP contribution in [0.2, 0.25) is 0 Å². The minimum Gasteiger partial charge on any atom is -0.480 e. The third-order valence-electron chi connectivity index (χ3n) is 4.29. The topological polar surface area (TPSA) is 57.6 Å². The molecular formula is C16H17NO3. The number of allylic oxidation sites excluding steroid dienone is 2. The Morgan fingerprint density at radius 2 is 2.10 bits per heavy atom. The number of carbonyl (C=O) groups excluding carboxylic acids is 1. The van der Waals surface area contributed by atoms with Crippen LogP contribution >= 0.6 is 0 Å². The predicted octanol–water partition coefficient (Wildman–Crippen LogP) is 2.47. The van der Waals surface area contributed by atoms with Gasteiger partial charge in [0.15, 0.2) is 0 Å². The van der Waals surface area contributed by atoms with Crippen LogP contribution in [0.3, 0.4) is 0 Å². The van der Waals surface area contributed by atoms with Gasteiger partial charge in [-0.05, 0) is 25.0 Å². The molecular weight excluding hydrogens is 254 g/mol. The normalized spacial score (nSPS) is 27.1. The van der Waals surface area contributed by atoms with Crippen molar-refractivity contribution in [2.75, 3.05) is 4.90 Å². The zero-order valence-electron chi connectivity index (χ0n) is 11.5. The van der Waals surface area contributed by atoms with Crippen LogP contribution in [-0.2, 0) is 9.59 Å². The highest BCUT2D eigenvalue weighted by molar-refractivity contribution is 6.00. The minimum absolute atomic E-state index is 0.0642. The monoisotopic (exact) mass is 271 g/mol. The molecule has 0 aromatic heterocycles. The average Bonchev–Trinajstić information content (AvgIpc) is 2.85. The lowest BCUT2D eigenvalue weighted by Gasteiger charge is -2.41. The predicted molar refractivity (Wildman–Crippen MR) is 75.8 cm³/mol. The SMILES string of the molecule is CC(=O)N1c2ccc(C)cc2[C@H]2C=CC[C@H]2[C@H]1C(=O)O. The van der Waals surface area contributed by atoms with E-state index in [1.54, 1.807) is 0 Å². The van der Waals surface area contributed by atoms with Crippen molar-refractivity contribution in [3.63, 3.8) is 0 Å². The molecule has 1 aliphatic heterocycles. The van der Waals surface area contributed by atoms with E-state index in [0.29, 0.717) is 6.42 Å². The highest BCUT2D eigenvalue weighted by Gasteiger charge is 2.46. The number of aryl methyl sites for hydroxylation is 1. The molecule has 1 heterocycles. The first-order valence-corrected chi connectivity index (χ1v) is 6.80. The lowest BCUT2D eigenvalue weighted by atomic mass is 9.77. The quantitative estimate of drug-likeness (QED) is 0.798. The summed E-state index contributed by atoms with van der Waals surface area (Å²) >= 11 is 0. The number of anilines is 1. The third-order valence-corrected chi connectivity index (χ3v) is 4.29. The van der Waals surface area contributed by atoms with E-state index in [4.69, 9.17) is 0 Å². The molecule has 1 aromatic rings. The second-order valence-corrected chi connectivity index (χ2v) is 5.59. The average molecular weight is 271 g/mol. The maximum Gasteiger partial charge on any atom is 0.327 e. The van der Waals surface area contributed by atoms with Gasteiger partial charge in [-0.25, -0.2) is 4.79 Å². The summed E-state index contributed by atoms with van der Waals surface area (Å²) in [4.78, 5) is 25.1. The largest absolute Gasteiger partial charge is 0.480 e. The van der Waals surface area contributed by atoms with Crippen molar-refractivity contribution >= 4 is 17.6 Å². The van der Waals surface area contributed by atoms with Crippen LogP contribution in [0.1, 0.15) is 30.4 Å². The lowest BCUT2D eigenvalue weighted by Crippen LogP contribution is -2.52. The van der Waals surface area contributed by atoms with Gasteiger partial charge in [0.05, 0.1) is 0 Å². The Labute approximate surface area is 117 Å². The summed E-state index contributed by atoms with van der Waals surface area (Å²) in [6.07, 6.45) is 4.82. The van der Waals surface area contributed by atoms with Crippen LogP contribution in [0.15, 0.2) is 30.4 Å². The number of nitrogens with zero attached hydrogens (tertiary/aromatic N) is 1. The summed E-state index contributed by atoms with van der Waals surface area (Å²) in [6.45, 7) is 3.44. The van der Waals surface area contributed by atoms with Gasteiger partial charge in [0.1, 0.15) is 6.04 Å². The van der Waals surface area contributed by atoms with Gasteiger partial charge < -0.3 is 5.11 Å². The van der Waals surface area contributed by atoms with Crippen molar-refractivity contribution in [2.24, 2.45) is 5.92 Å². The van der Waals surface area contributed by atoms with Crippen molar-refractivity contribution in [1.29, 1.82) is 0 Å². The second-order valence-electron chi connectivity index (χ2n) is 5.59. The molecule has 3 atom stereocenters. The molecule has 20 heavy (non-hydrogen) atoms. The van der Waals surface area contributed by atoms with Gasteiger partial charge in [0.25, 0.3) is 0 Å². The molecule has 3 rings (SSSR count). The molecule has 4 heteroatoms. The van der Waals surface area contributed by atoms with Crippen LogP contribution in [0, 0.1) is 12.8 Å². The number of carbonyl (C=O) groups is 2. The molecule has 0 fully saturated rings. The molecule has 0 bridgehead atoms. The number of amides is 1. The van der Waals surface area contributed by atoms with Crippen LogP contribution in [0.25, 0.3) is 0 Å². The number of rotatable bonds is 1. The van der Waals surface area contributed by atoms with E-state index < -0.39 is 12.0 Å². The Morgan fingerprint density at radius 1 is 1.35 bits per heavy atom. The standard InChI is InChI=1S/C16H17NO3/c1-9-6-7-14-13(8-9)11-4-3-5-12(11)15(16(19)20)17(14)10(2)18/h3-4,6-8,11-12,15H,5H2,1-2H3,(H,19,20)/t11-,12+,15-/m0/s1. The Kier molecular flexibility index (Phi) is 2.89. The van der Waals surface area contributed by atoms with Crippen molar-refractivity contribution in [2.45, 2.75) is 32.2 Å². The summed E-state index contributed by atoms with van der Waals surface area (Å²) < 4.78 is 0. The number of fused-ring (bicyclic) bond motifs is 3. The van der Waals surface area contributed by atoms with E-state index in [9.17, 15) is 14.7 Å². The summed E-state index contributed by atoms with van der Waals surface area (Å²) in [7, 11) is 0. The molecule has 1 N–H and O–H groups in total. The first kappa shape index (κ1) is 12.9. The molecule has 0 spiro atoms. The van der Waals surface area contributed by atoms with E-state index >= 15 is 0 Å². The summed E-state index contributed by atoms with van der Waals surface area (Å²) in [6, 6.07) is 5.08. The van der Waals surface area contributed by atoms with Crippen molar-refractivity contribution in [3.05, 3.63) is 41.5 Å². The van der Waals surface area contributed by atoms with Gasteiger partial charge in [-0.15, -0.1) is 0 Å². The number of carboxylic acid groups (broad SMARTS) is 1. The molecule has 1 amide bonds. The van der Waals surface area contributed by atoms with Gasteiger partial charge in [-0.1, -0.05) is 29.8 Å². The Bertz CT molecular complexity index is 620.